The Morgan fingerprint density at radius 2 is 1.60 bits per heavy atom. The number of nitrogens with zero attached hydrogens (tertiary/aromatic N) is 4. The molecule has 4 N–H and O–H groups in total. The molecule has 3 heterocycles. The number of rotatable bonds is 11. The zero-order valence-electron chi connectivity index (χ0n) is 23.1. The van der Waals surface area contributed by atoms with Gasteiger partial charge in [0.05, 0.1) is 11.3 Å². The lowest BCUT2D eigenvalue weighted by Crippen LogP contribution is -2.44. The summed E-state index contributed by atoms with van der Waals surface area (Å²) in [6.45, 7) is 6.86. The number of nitrogens with one attached hydrogen (secondary N) is 2. The molecule has 1 aromatic heterocycles. The summed E-state index contributed by atoms with van der Waals surface area (Å²) in [6.07, 6.45) is 7.20. The Morgan fingerprint density at radius 1 is 0.925 bits per heavy atom. The van der Waals surface area contributed by atoms with Gasteiger partial charge in [-0.2, -0.15) is 0 Å². The van der Waals surface area contributed by atoms with Crippen LogP contribution in [-0.2, 0) is 0 Å². The van der Waals surface area contributed by atoms with E-state index < -0.39 is 0 Å². The van der Waals surface area contributed by atoms with Crippen molar-refractivity contribution in [1.29, 1.82) is 5.41 Å². The maximum atomic E-state index is 8.93. The van der Waals surface area contributed by atoms with Crippen molar-refractivity contribution in [3.05, 3.63) is 72.1 Å². The maximum absolute atomic E-state index is 8.93. The SMILES string of the molecule is N=C(c1ccc(Oc2ccccc2)cc1)c1c(N)ncnc1NC1CCN(CC2CCN(CCCCl)CC2)CC1. The summed E-state index contributed by atoms with van der Waals surface area (Å²) in [5.41, 5.74) is 7.85. The van der Waals surface area contributed by atoms with E-state index in [9.17, 15) is 0 Å². The van der Waals surface area contributed by atoms with Crippen LogP contribution in [0.3, 0.4) is 0 Å². The average molecular weight is 562 g/mol. The molecule has 0 bridgehead atoms. The first kappa shape index (κ1) is 28.3. The Labute approximate surface area is 242 Å². The molecule has 8 nitrogen and oxygen atoms in total. The Balaban J connectivity index is 1.15. The molecule has 0 atom stereocenters. The second-order valence-corrected chi connectivity index (χ2v) is 11.2. The second-order valence-electron chi connectivity index (χ2n) is 10.8. The Hall–Kier alpha value is -3.20. The van der Waals surface area contributed by atoms with Crippen molar-refractivity contribution < 1.29 is 4.74 Å². The minimum absolute atomic E-state index is 0.288. The topological polar surface area (TPSA) is 103 Å². The zero-order valence-corrected chi connectivity index (χ0v) is 23.8. The van der Waals surface area contributed by atoms with Gasteiger partial charge in [0.1, 0.15) is 29.5 Å². The van der Waals surface area contributed by atoms with Crippen molar-refractivity contribution in [2.75, 3.05) is 56.2 Å². The highest BCUT2D eigenvalue weighted by molar-refractivity contribution is 6.17. The first-order valence-electron chi connectivity index (χ1n) is 14.4. The smallest absolute Gasteiger partial charge is 0.141 e. The molecule has 0 spiro atoms. The van der Waals surface area contributed by atoms with Crippen LogP contribution in [0.25, 0.3) is 0 Å². The lowest BCUT2D eigenvalue weighted by molar-refractivity contribution is 0.129. The van der Waals surface area contributed by atoms with Crippen LogP contribution in [0.4, 0.5) is 11.6 Å². The predicted molar refractivity (Wildman–Crippen MR) is 163 cm³/mol. The van der Waals surface area contributed by atoms with E-state index in [1.165, 1.54) is 38.8 Å². The lowest BCUT2D eigenvalue weighted by atomic mass is 9.94. The standard InChI is InChI=1S/C31H40ClN7O/c32-15-4-16-38-17-11-23(12-18-38)21-39-19-13-25(14-20-39)37-31-28(30(34)35-22-36-31)29(33)24-7-9-27(10-8-24)40-26-5-2-1-3-6-26/h1-3,5-10,22-23,25,33H,4,11-21H2,(H3,34,35,36,37). The Kier molecular flexibility index (Phi) is 9.86. The van der Waals surface area contributed by atoms with E-state index in [0.717, 1.165) is 62.0 Å². The van der Waals surface area contributed by atoms with Crippen molar-refractivity contribution in [2.24, 2.45) is 5.92 Å². The molecule has 0 aliphatic carbocycles. The molecule has 0 unspecified atom stereocenters. The van der Waals surface area contributed by atoms with Crippen LogP contribution in [0.2, 0.25) is 0 Å². The normalized spacial score (nSPS) is 17.5. The largest absolute Gasteiger partial charge is 0.457 e. The monoisotopic (exact) mass is 561 g/mol. The van der Waals surface area contributed by atoms with Gasteiger partial charge in [-0.3, -0.25) is 5.41 Å². The number of alkyl halides is 1. The number of aromatic nitrogens is 2. The number of nitrogens with two attached hydrogens (primary N) is 1. The van der Waals surface area contributed by atoms with E-state index in [-0.39, 0.29) is 6.04 Å². The number of benzene rings is 2. The predicted octanol–water partition coefficient (Wildman–Crippen LogP) is 5.48. The fourth-order valence-corrected chi connectivity index (χ4v) is 5.83. The first-order chi connectivity index (χ1) is 19.6. The summed E-state index contributed by atoms with van der Waals surface area (Å²) in [5.74, 6) is 3.96. The molecule has 2 saturated heterocycles. The molecular weight excluding hydrogens is 522 g/mol. The van der Waals surface area contributed by atoms with Crippen LogP contribution < -0.4 is 15.8 Å². The van der Waals surface area contributed by atoms with Crippen LogP contribution >= 0.6 is 11.6 Å². The van der Waals surface area contributed by atoms with Crippen LogP contribution in [0.5, 0.6) is 11.5 Å². The Morgan fingerprint density at radius 3 is 2.30 bits per heavy atom. The van der Waals surface area contributed by atoms with E-state index in [1.54, 1.807) is 0 Å². The summed E-state index contributed by atoms with van der Waals surface area (Å²) in [6, 6.07) is 17.4. The van der Waals surface area contributed by atoms with Crippen LogP contribution in [0, 0.1) is 11.3 Å². The molecule has 9 heteroatoms. The first-order valence-corrected chi connectivity index (χ1v) is 14.9. The van der Waals surface area contributed by atoms with Gasteiger partial charge < -0.3 is 25.6 Å². The van der Waals surface area contributed by atoms with Gasteiger partial charge in [0.25, 0.3) is 0 Å². The van der Waals surface area contributed by atoms with Gasteiger partial charge >= 0.3 is 0 Å². The molecule has 5 rings (SSSR count). The molecular formula is C31H40ClN7O. The number of anilines is 2. The third-order valence-electron chi connectivity index (χ3n) is 8.01. The molecule has 0 saturated carbocycles. The lowest BCUT2D eigenvalue weighted by Gasteiger charge is -2.38. The summed E-state index contributed by atoms with van der Waals surface area (Å²) in [5, 5.41) is 12.5. The molecule has 2 fully saturated rings. The van der Waals surface area contributed by atoms with Crippen molar-refractivity contribution in [1.82, 2.24) is 19.8 Å². The minimum Gasteiger partial charge on any atom is -0.457 e. The van der Waals surface area contributed by atoms with Crippen LogP contribution in [0.1, 0.15) is 43.2 Å². The van der Waals surface area contributed by atoms with Gasteiger partial charge in [0, 0.05) is 37.1 Å². The van der Waals surface area contributed by atoms with E-state index in [0.29, 0.717) is 28.7 Å². The number of piperidine rings is 2. The number of hydrogen-bond donors (Lipinski definition) is 3. The minimum atomic E-state index is 0.288. The number of halogens is 1. The maximum Gasteiger partial charge on any atom is 0.141 e. The summed E-state index contributed by atoms with van der Waals surface area (Å²) >= 11 is 5.86. The molecule has 0 radical (unpaired) electrons. The quantitative estimate of drug-likeness (QED) is 0.210. The summed E-state index contributed by atoms with van der Waals surface area (Å²) in [4.78, 5) is 13.9. The van der Waals surface area contributed by atoms with E-state index in [1.807, 2.05) is 54.6 Å². The highest BCUT2D eigenvalue weighted by Crippen LogP contribution is 2.27. The number of para-hydroxylation sites is 1. The highest BCUT2D eigenvalue weighted by atomic mass is 35.5. The number of nitrogen functional groups attached to an aromatic ring is 1. The zero-order chi connectivity index (χ0) is 27.7. The molecule has 40 heavy (non-hydrogen) atoms. The van der Waals surface area contributed by atoms with Gasteiger partial charge in [-0.1, -0.05) is 18.2 Å². The van der Waals surface area contributed by atoms with Crippen molar-refractivity contribution in [3.63, 3.8) is 0 Å². The average Bonchev–Trinajstić information content (AvgIpc) is 2.98. The Bertz CT molecular complexity index is 1220. The van der Waals surface area contributed by atoms with Crippen molar-refractivity contribution >= 4 is 28.9 Å². The van der Waals surface area contributed by atoms with Crippen LogP contribution in [0.15, 0.2) is 60.9 Å². The van der Waals surface area contributed by atoms with Gasteiger partial charge in [0.15, 0.2) is 0 Å². The van der Waals surface area contributed by atoms with Gasteiger partial charge in [-0.05, 0) is 94.1 Å². The van der Waals surface area contributed by atoms with Gasteiger partial charge in [-0.25, -0.2) is 9.97 Å². The van der Waals surface area contributed by atoms with E-state index >= 15 is 0 Å². The van der Waals surface area contributed by atoms with Crippen molar-refractivity contribution in [3.8, 4) is 11.5 Å². The van der Waals surface area contributed by atoms with Crippen molar-refractivity contribution in [2.45, 2.75) is 38.1 Å². The molecule has 3 aromatic rings. The highest BCUT2D eigenvalue weighted by Gasteiger charge is 2.26. The fraction of sp³-hybridized carbons (Fsp3) is 0.452. The van der Waals surface area contributed by atoms with E-state index in [2.05, 4.69) is 25.1 Å². The second kappa shape index (κ2) is 13.9. The molecule has 2 aromatic carbocycles. The van der Waals surface area contributed by atoms with E-state index in [4.69, 9.17) is 27.5 Å². The molecule has 0 amide bonds. The number of ether oxygens (including phenoxy) is 1. The number of likely N-dealkylation sites (tertiary alicyclic amines) is 2. The fourth-order valence-electron chi connectivity index (χ4n) is 5.71. The third-order valence-corrected chi connectivity index (χ3v) is 8.28. The number of hydrogen-bond acceptors (Lipinski definition) is 8. The molecule has 212 valence electrons. The summed E-state index contributed by atoms with van der Waals surface area (Å²) < 4.78 is 5.90. The van der Waals surface area contributed by atoms with Gasteiger partial charge in [-0.15, -0.1) is 11.6 Å². The third kappa shape index (κ3) is 7.50. The summed E-state index contributed by atoms with van der Waals surface area (Å²) in [7, 11) is 0. The molecule has 2 aliphatic heterocycles. The molecule has 2 aliphatic rings. The van der Waals surface area contributed by atoms with Gasteiger partial charge in [0.2, 0.25) is 0 Å². The van der Waals surface area contributed by atoms with Crippen LogP contribution in [-0.4, -0.2) is 76.7 Å².